The highest BCUT2D eigenvalue weighted by Crippen LogP contribution is 2.44. The van der Waals surface area contributed by atoms with Gasteiger partial charge in [0.25, 0.3) is 0 Å². The maximum Gasteiger partial charge on any atom is 0.319 e. The number of aromatic nitrogens is 3. The van der Waals surface area contributed by atoms with Gasteiger partial charge in [0.1, 0.15) is 35.2 Å². The van der Waals surface area contributed by atoms with E-state index in [4.69, 9.17) is 28.9 Å². The zero-order valence-corrected chi connectivity index (χ0v) is 28.1. The SMILES string of the molecule is CCc1c(F)ccc2cc(OCOC)cc(-c3ncc4c(N5CCC[C@@]6(CCO6)C5)nc(OC[C@@]56CCCN5[C@H](CO)CC6)nc4c3F)c12. The number of aliphatic hydroxyl groups excluding tert-OH is 1. The third-order valence-electron chi connectivity index (χ3n) is 11.3. The van der Waals surface area contributed by atoms with E-state index in [1.165, 1.54) is 13.2 Å². The summed E-state index contributed by atoms with van der Waals surface area (Å²) in [5.74, 6) is 0.00597. The van der Waals surface area contributed by atoms with Gasteiger partial charge < -0.3 is 29.0 Å². The smallest absolute Gasteiger partial charge is 0.319 e. The van der Waals surface area contributed by atoms with Crippen LogP contribution in [0, 0.1) is 11.6 Å². The molecule has 4 saturated heterocycles. The predicted molar refractivity (Wildman–Crippen MR) is 181 cm³/mol. The number of aryl methyl sites for hydroxylation is 1. The van der Waals surface area contributed by atoms with Gasteiger partial charge in [-0.3, -0.25) is 9.88 Å². The zero-order valence-electron chi connectivity index (χ0n) is 28.1. The van der Waals surface area contributed by atoms with Crippen molar-refractivity contribution >= 4 is 27.5 Å². The van der Waals surface area contributed by atoms with Gasteiger partial charge in [-0.05, 0) is 86.0 Å². The molecule has 1 spiro atoms. The molecule has 2 aromatic carbocycles. The van der Waals surface area contributed by atoms with E-state index in [9.17, 15) is 5.11 Å². The van der Waals surface area contributed by atoms with Crippen LogP contribution in [-0.2, 0) is 15.9 Å². The first-order chi connectivity index (χ1) is 23.9. The van der Waals surface area contributed by atoms with E-state index in [2.05, 4.69) is 14.8 Å². The normalized spacial score (nSPS) is 25.3. The second kappa shape index (κ2) is 12.9. The van der Waals surface area contributed by atoms with Crippen molar-refractivity contribution < 1.29 is 32.8 Å². The number of hydrogen-bond donors (Lipinski definition) is 1. The molecule has 3 atom stereocenters. The van der Waals surface area contributed by atoms with Crippen LogP contribution in [0.5, 0.6) is 11.8 Å². The Hall–Kier alpha value is -3.71. The van der Waals surface area contributed by atoms with E-state index in [0.717, 1.165) is 64.6 Å². The van der Waals surface area contributed by atoms with Gasteiger partial charge in [0.15, 0.2) is 12.6 Å². The monoisotopic (exact) mass is 675 g/mol. The summed E-state index contributed by atoms with van der Waals surface area (Å²) >= 11 is 0. The lowest BCUT2D eigenvalue weighted by atomic mass is 9.86. The van der Waals surface area contributed by atoms with Crippen LogP contribution in [0.3, 0.4) is 0 Å². The Kier molecular flexibility index (Phi) is 8.54. The van der Waals surface area contributed by atoms with E-state index in [0.29, 0.717) is 58.4 Å². The molecule has 260 valence electrons. The molecule has 10 nitrogen and oxygen atoms in total. The summed E-state index contributed by atoms with van der Waals surface area (Å²) in [6.45, 7) is 5.37. The van der Waals surface area contributed by atoms with Gasteiger partial charge in [0.05, 0.1) is 29.7 Å². The van der Waals surface area contributed by atoms with E-state index in [1.807, 2.05) is 6.92 Å². The molecule has 4 aliphatic heterocycles. The molecule has 2 aromatic heterocycles. The summed E-state index contributed by atoms with van der Waals surface area (Å²) in [6.07, 6.45) is 8.71. The number of fused-ring (bicyclic) bond motifs is 3. The Morgan fingerprint density at radius 3 is 2.69 bits per heavy atom. The van der Waals surface area contributed by atoms with Crippen LogP contribution in [-0.4, -0.2) is 95.5 Å². The second-order valence-corrected chi connectivity index (χ2v) is 14.0. The molecule has 0 unspecified atom stereocenters. The van der Waals surface area contributed by atoms with Gasteiger partial charge in [-0.15, -0.1) is 0 Å². The van der Waals surface area contributed by atoms with Crippen LogP contribution in [0.15, 0.2) is 30.5 Å². The summed E-state index contributed by atoms with van der Waals surface area (Å²) in [5.41, 5.74) is 0.573. The Morgan fingerprint density at radius 2 is 1.92 bits per heavy atom. The molecule has 8 rings (SSSR count). The number of pyridine rings is 1. The van der Waals surface area contributed by atoms with Gasteiger partial charge in [0, 0.05) is 44.4 Å². The lowest BCUT2D eigenvalue weighted by Crippen LogP contribution is -2.56. The third kappa shape index (κ3) is 5.57. The number of piperidine rings is 1. The van der Waals surface area contributed by atoms with Crippen LogP contribution >= 0.6 is 0 Å². The molecule has 49 heavy (non-hydrogen) atoms. The van der Waals surface area contributed by atoms with E-state index in [-0.39, 0.29) is 53.6 Å². The highest BCUT2D eigenvalue weighted by Gasteiger charge is 2.49. The van der Waals surface area contributed by atoms with Gasteiger partial charge >= 0.3 is 6.01 Å². The Morgan fingerprint density at radius 1 is 1.06 bits per heavy atom. The molecular formula is C37H43F2N5O5. The minimum Gasteiger partial charge on any atom is -0.468 e. The van der Waals surface area contributed by atoms with Crippen LogP contribution in [0.2, 0.25) is 0 Å². The van der Waals surface area contributed by atoms with Crippen molar-refractivity contribution in [2.75, 3.05) is 58.3 Å². The van der Waals surface area contributed by atoms with Crippen LogP contribution in [0.1, 0.15) is 57.4 Å². The standard InChI is InChI=1S/C37H43F2N5O5/c1-3-26-29(38)7-6-23-16-25(48-22-46-2)17-27(30(23)26)32-31(39)33-28(18-40-32)34(43-13-5-10-37(20-43)12-15-49-37)42-35(41-33)47-21-36-9-4-14-44(36)24(19-45)8-11-36/h6-7,16-18,24,45H,3-5,8-15,19-22H2,1-2H3/t24-,36-,37+/m0/s1. The number of aliphatic hydroxyl groups is 1. The minimum atomic E-state index is -0.643. The van der Waals surface area contributed by atoms with Gasteiger partial charge in [-0.2, -0.15) is 9.97 Å². The third-order valence-corrected chi connectivity index (χ3v) is 11.3. The van der Waals surface area contributed by atoms with Crippen molar-refractivity contribution in [1.29, 1.82) is 0 Å². The summed E-state index contributed by atoms with van der Waals surface area (Å²) in [4.78, 5) is 18.8. The van der Waals surface area contributed by atoms with Crippen molar-refractivity contribution in [2.24, 2.45) is 0 Å². The Labute approximate surface area is 284 Å². The molecule has 0 bridgehead atoms. The molecule has 12 heteroatoms. The number of ether oxygens (including phenoxy) is 4. The number of methoxy groups -OCH3 is 1. The van der Waals surface area contributed by atoms with Crippen molar-refractivity contribution in [3.63, 3.8) is 0 Å². The number of anilines is 1. The maximum atomic E-state index is 17.2. The van der Waals surface area contributed by atoms with E-state index in [1.54, 1.807) is 24.4 Å². The van der Waals surface area contributed by atoms with Crippen LogP contribution < -0.4 is 14.4 Å². The highest BCUT2D eigenvalue weighted by atomic mass is 19.1. The first kappa shape index (κ1) is 32.5. The molecule has 0 saturated carbocycles. The van der Waals surface area contributed by atoms with Gasteiger partial charge in [-0.25, -0.2) is 8.78 Å². The number of benzene rings is 2. The average molecular weight is 676 g/mol. The lowest BCUT2D eigenvalue weighted by molar-refractivity contribution is -0.151. The molecule has 4 aliphatic rings. The summed E-state index contributed by atoms with van der Waals surface area (Å²) < 4.78 is 55.8. The number of nitrogens with zero attached hydrogens (tertiary/aromatic N) is 5. The molecule has 4 aromatic rings. The predicted octanol–water partition coefficient (Wildman–Crippen LogP) is 5.80. The van der Waals surface area contributed by atoms with Crippen LogP contribution in [0.25, 0.3) is 32.9 Å². The zero-order chi connectivity index (χ0) is 33.8. The highest BCUT2D eigenvalue weighted by molar-refractivity contribution is 6.01. The summed E-state index contributed by atoms with van der Waals surface area (Å²) in [7, 11) is 1.52. The summed E-state index contributed by atoms with van der Waals surface area (Å²) in [5, 5.41) is 11.7. The van der Waals surface area contributed by atoms with Crippen molar-refractivity contribution in [1.82, 2.24) is 19.9 Å². The summed E-state index contributed by atoms with van der Waals surface area (Å²) in [6, 6.07) is 6.80. The fourth-order valence-electron chi connectivity index (χ4n) is 8.74. The fraction of sp³-hybridized carbons (Fsp3) is 0.541. The van der Waals surface area contributed by atoms with Gasteiger partial charge in [0.2, 0.25) is 0 Å². The largest absolute Gasteiger partial charge is 0.468 e. The quantitative estimate of drug-likeness (QED) is 0.208. The topological polar surface area (TPSA) is 102 Å². The average Bonchev–Trinajstić information content (AvgIpc) is 3.68. The van der Waals surface area contributed by atoms with Gasteiger partial charge in [-0.1, -0.05) is 13.0 Å². The van der Waals surface area contributed by atoms with Crippen molar-refractivity contribution in [2.45, 2.75) is 75.5 Å². The number of hydrogen-bond acceptors (Lipinski definition) is 10. The lowest BCUT2D eigenvalue weighted by Gasteiger charge is -2.48. The fourth-order valence-corrected chi connectivity index (χ4v) is 8.74. The molecule has 0 radical (unpaired) electrons. The first-order valence-electron chi connectivity index (χ1n) is 17.5. The van der Waals surface area contributed by atoms with Crippen molar-refractivity contribution in [3.8, 4) is 23.0 Å². The maximum absolute atomic E-state index is 17.2. The Balaban J connectivity index is 1.26. The number of rotatable bonds is 10. The second-order valence-electron chi connectivity index (χ2n) is 14.0. The molecular weight excluding hydrogens is 632 g/mol. The molecule has 1 N–H and O–H groups in total. The first-order valence-corrected chi connectivity index (χ1v) is 17.5. The molecule has 4 fully saturated rings. The Bertz CT molecular complexity index is 1890. The molecule has 6 heterocycles. The molecule has 0 aliphatic carbocycles. The minimum absolute atomic E-state index is 0.00327. The van der Waals surface area contributed by atoms with Crippen molar-refractivity contribution in [3.05, 3.63) is 47.7 Å². The van der Waals surface area contributed by atoms with Crippen LogP contribution in [0.4, 0.5) is 14.6 Å². The van der Waals surface area contributed by atoms with E-state index < -0.39 is 5.82 Å². The van der Waals surface area contributed by atoms with E-state index >= 15 is 8.78 Å². The number of halogens is 2. The molecule has 0 amide bonds.